The molecule has 2 nitrogen and oxygen atoms in total. The topological polar surface area (TPSA) is 20.3 Å². The third-order valence-corrected chi connectivity index (χ3v) is 3.93. The number of hydrogen-bond donors (Lipinski definition) is 0. The number of amides is 1. The Morgan fingerprint density at radius 3 is 2.35 bits per heavy atom. The Morgan fingerprint density at radius 1 is 1.00 bits per heavy atom. The van der Waals surface area contributed by atoms with E-state index in [1.807, 2.05) is 29.2 Å². The van der Waals surface area contributed by atoms with Gasteiger partial charge in [-0.15, -0.1) is 0 Å². The van der Waals surface area contributed by atoms with E-state index in [0.29, 0.717) is 6.42 Å². The molecule has 1 amide bonds. The molecule has 0 saturated carbocycles. The van der Waals surface area contributed by atoms with Gasteiger partial charge in [-0.2, -0.15) is 0 Å². The maximum absolute atomic E-state index is 12.5. The van der Waals surface area contributed by atoms with Gasteiger partial charge in [0, 0.05) is 6.04 Å². The molecule has 1 unspecified atom stereocenters. The number of hydrogen-bond acceptors (Lipinski definition) is 1. The molecule has 0 fully saturated rings. The second kappa shape index (κ2) is 5.12. The lowest BCUT2D eigenvalue weighted by Gasteiger charge is -2.40. The van der Waals surface area contributed by atoms with E-state index < -0.39 is 0 Å². The highest BCUT2D eigenvalue weighted by Crippen LogP contribution is 2.36. The Morgan fingerprint density at radius 2 is 1.65 bits per heavy atom. The first-order valence-electron chi connectivity index (χ1n) is 7.12. The Labute approximate surface area is 120 Å². The number of rotatable bonds is 2. The summed E-state index contributed by atoms with van der Waals surface area (Å²) in [6.45, 7) is 4.17. The van der Waals surface area contributed by atoms with Crippen LogP contribution in [0.1, 0.15) is 36.6 Å². The van der Waals surface area contributed by atoms with E-state index in [0.717, 1.165) is 5.56 Å². The minimum atomic E-state index is 0.0358. The zero-order valence-electron chi connectivity index (χ0n) is 11.9. The van der Waals surface area contributed by atoms with E-state index in [1.165, 1.54) is 11.1 Å². The van der Waals surface area contributed by atoms with E-state index in [4.69, 9.17) is 0 Å². The van der Waals surface area contributed by atoms with Crippen molar-refractivity contribution in [2.75, 3.05) is 0 Å². The van der Waals surface area contributed by atoms with Gasteiger partial charge in [0.1, 0.15) is 0 Å². The van der Waals surface area contributed by atoms with Crippen molar-refractivity contribution >= 4 is 5.91 Å². The Kier molecular flexibility index (Phi) is 3.31. The fraction of sp³-hybridized carbons (Fsp3) is 0.278. The fourth-order valence-electron chi connectivity index (χ4n) is 3.07. The lowest BCUT2D eigenvalue weighted by Crippen LogP contribution is -2.44. The second-order valence-corrected chi connectivity index (χ2v) is 5.58. The molecule has 102 valence electrons. The average Bonchev–Trinajstić information content (AvgIpc) is 2.46. The monoisotopic (exact) mass is 265 g/mol. The van der Waals surface area contributed by atoms with Crippen LogP contribution in [-0.2, 0) is 11.2 Å². The molecular formula is C18H19NO. The van der Waals surface area contributed by atoms with Crippen LogP contribution in [0.5, 0.6) is 0 Å². The molecule has 0 spiro atoms. The van der Waals surface area contributed by atoms with Crippen molar-refractivity contribution in [3.8, 4) is 0 Å². The summed E-state index contributed by atoms with van der Waals surface area (Å²) in [5, 5.41) is 0. The highest BCUT2D eigenvalue weighted by atomic mass is 16.2. The molecule has 0 bridgehead atoms. The van der Waals surface area contributed by atoms with Gasteiger partial charge in [0.15, 0.2) is 0 Å². The van der Waals surface area contributed by atoms with Crippen LogP contribution in [0.3, 0.4) is 0 Å². The third-order valence-electron chi connectivity index (χ3n) is 3.93. The summed E-state index contributed by atoms with van der Waals surface area (Å²) in [7, 11) is 0. The van der Waals surface area contributed by atoms with Crippen LogP contribution in [-0.4, -0.2) is 16.8 Å². The second-order valence-electron chi connectivity index (χ2n) is 5.58. The maximum Gasteiger partial charge on any atom is 0.228 e. The summed E-state index contributed by atoms with van der Waals surface area (Å²) in [5.41, 5.74) is 3.59. The van der Waals surface area contributed by atoms with Gasteiger partial charge in [-0.05, 0) is 30.5 Å². The number of benzene rings is 2. The fourth-order valence-corrected chi connectivity index (χ4v) is 3.07. The Hall–Kier alpha value is -2.09. The molecular weight excluding hydrogens is 246 g/mol. The molecule has 0 aromatic heterocycles. The molecule has 3 rings (SSSR count). The molecule has 0 radical (unpaired) electrons. The van der Waals surface area contributed by atoms with E-state index in [2.05, 4.69) is 44.2 Å². The lowest BCUT2D eigenvalue weighted by atomic mass is 9.87. The number of nitrogens with zero attached hydrogens (tertiary/aromatic N) is 1. The van der Waals surface area contributed by atoms with Gasteiger partial charge < -0.3 is 4.90 Å². The minimum Gasteiger partial charge on any atom is -0.329 e. The van der Waals surface area contributed by atoms with Crippen LogP contribution < -0.4 is 0 Å². The largest absolute Gasteiger partial charge is 0.329 e. The van der Waals surface area contributed by atoms with Crippen LogP contribution in [0.25, 0.3) is 0 Å². The van der Waals surface area contributed by atoms with Crippen molar-refractivity contribution in [3.63, 3.8) is 0 Å². The molecule has 20 heavy (non-hydrogen) atoms. The van der Waals surface area contributed by atoms with Crippen molar-refractivity contribution in [2.24, 2.45) is 0 Å². The molecule has 0 aliphatic carbocycles. The molecule has 1 atom stereocenters. The predicted molar refractivity (Wildman–Crippen MR) is 80.4 cm³/mol. The molecule has 1 aliphatic heterocycles. The zero-order valence-corrected chi connectivity index (χ0v) is 11.9. The van der Waals surface area contributed by atoms with Gasteiger partial charge in [0.2, 0.25) is 5.91 Å². The van der Waals surface area contributed by atoms with Gasteiger partial charge in [-0.25, -0.2) is 0 Å². The van der Waals surface area contributed by atoms with Crippen LogP contribution >= 0.6 is 0 Å². The molecule has 0 saturated heterocycles. The quantitative estimate of drug-likeness (QED) is 0.813. The minimum absolute atomic E-state index is 0.0358. The van der Waals surface area contributed by atoms with Crippen LogP contribution in [0, 0.1) is 0 Å². The van der Waals surface area contributed by atoms with Crippen molar-refractivity contribution in [3.05, 3.63) is 71.3 Å². The van der Waals surface area contributed by atoms with Crippen LogP contribution in [0.2, 0.25) is 0 Å². The highest BCUT2D eigenvalue weighted by Gasteiger charge is 2.34. The average molecular weight is 265 g/mol. The predicted octanol–water partition coefficient (Wildman–Crippen LogP) is 3.57. The molecule has 2 aromatic carbocycles. The van der Waals surface area contributed by atoms with Crippen LogP contribution in [0.4, 0.5) is 0 Å². The van der Waals surface area contributed by atoms with Crippen molar-refractivity contribution < 1.29 is 4.79 Å². The smallest absolute Gasteiger partial charge is 0.228 e. The Balaban J connectivity index is 2.17. The molecule has 2 heteroatoms. The van der Waals surface area contributed by atoms with Gasteiger partial charge in [0.25, 0.3) is 0 Å². The Bertz CT molecular complexity index is 618. The van der Waals surface area contributed by atoms with Crippen molar-refractivity contribution in [1.29, 1.82) is 0 Å². The first kappa shape index (κ1) is 12.9. The lowest BCUT2D eigenvalue weighted by molar-refractivity contribution is -0.135. The van der Waals surface area contributed by atoms with E-state index >= 15 is 0 Å². The molecule has 1 aliphatic rings. The van der Waals surface area contributed by atoms with Crippen molar-refractivity contribution in [1.82, 2.24) is 4.90 Å². The number of carbonyl (C=O) groups is 1. The van der Waals surface area contributed by atoms with Gasteiger partial charge in [0.05, 0.1) is 12.5 Å². The molecule has 0 N–H and O–H groups in total. The summed E-state index contributed by atoms with van der Waals surface area (Å²) in [4.78, 5) is 14.5. The van der Waals surface area contributed by atoms with Gasteiger partial charge in [-0.1, -0.05) is 54.6 Å². The summed E-state index contributed by atoms with van der Waals surface area (Å²) < 4.78 is 0. The van der Waals surface area contributed by atoms with Crippen molar-refractivity contribution in [2.45, 2.75) is 32.4 Å². The summed E-state index contributed by atoms with van der Waals surface area (Å²) in [6, 6.07) is 18.8. The number of fused-ring (bicyclic) bond motifs is 1. The van der Waals surface area contributed by atoms with Gasteiger partial charge in [-0.3, -0.25) is 4.79 Å². The van der Waals surface area contributed by atoms with E-state index in [9.17, 15) is 4.79 Å². The standard InChI is InChI=1S/C18H19NO/c1-13(2)19-17(20)12-15-10-6-7-11-16(15)18(19)14-8-4-3-5-9-14/h3-11,13,18H,12H2,1-2H3. The first-order chi connectivity index (χ1) is 9.68. The van der Waals surface area contributed by atoms with Crippen LogP contribution in [0.15, 0.2) is 54.6 Å². The van der Waals surface area contributed by atoms with E-state index in [-0.39, 0.29) is 18.0 Å². The molecule has 1 heterocycles. The summed E-state index contributed by atoms with van der Waals surface area (Å²) >= 11 is 0. The van der Waals surface area contributed by atoms with Gasteiger partial charge >= 0.3 is 0 Å². The summed E-state index contributed by atoms with van der Waals surface area (Å²) in [6.07, 6.45) is 0.512. The maximum atomic E-state index is 12.5. The van der Waals surface area contributed by atoms with E-state index in [1.54, 1.807) is 0 Å². The summed E-state index contributed by atoms with van der Waals surface area (Å²) in [5.74, 6) is 0.215. The highest BCUT2D eigenvalue weighted by molar-refractivity contribution is 5.82. The third kappa shape index (κ3) is 2.11. The SMILES string of the molecule is CC(C)N1C(=O)Cc2ccccc2C1c1ccccc1. The number of carbonyl (C=O) groups excluding carboxylic acids is 1. The normalized spacial score (nSPS) is 18.2. The zero-order chi connectivity index (χ0) is 14.1. The molecule has 2 aromatic rings. The first-order valence-corrected chi connectivity index (χ1v) is 7.12.